The van der Waals surface area contributed by atoms with Gasteiger partial charge >= 0.3 is 0 Å². The molecule has 0 saturated heterocycles. The van der Waals surface area contributed by atoms with E-state index in [4.69, 9.17) is 19.9 Å². The van der Waals surface area contributed by atoms with Gasteiger partial charge in [-0.1, -0.05) is 188 Å². The predicted molar refractivity (Wildman–Crippen MR) is 279 cm³/mol. The third-order valence-corrected chi connectivity index (χ3v) is 13.0. The average molecular weight is 869 g/mol. The third kappa shape index (κ3) is 6.74. The first kappa shape index (κ1) is 39.1. The Morgan fingerprint density at radius 2 is 0.618 bits per heavy atom. The van der Waals surface area contributed by atoms with Crippen molar-refractivity contribution in [3.05, 3.63) is 243 Å². The average Bonchev–Trinajstić information content (AvgIpc) is 3.95. The highest BCUT2D eigenvalue weighted by Gasteiger charge is 2.21. The fraction of sp³-hybridized carbons (Fsp3) is 0. The second-order valence-electron chi connectivity index (χ2n) is 17.0. The van der Waals surface area contributed by atoms with Crippen molar-refractivity contribution in [2.75, 3.05) is 0 Å². The zero-order chi connectivity index (χ0) is 45.0. The molecule has 9 aromatic carbocycles. The van der Waals surface area contributed by atoms with Crippen molar-refractivity contribution >= 4 is 43.6 Å². The topological polar surface area (TPSA) is 61.4 Å². The Kier molecular flexibility index (Phi) is 9.39. The van der Waals surface area contributed by atoms with E-state index in [-0.39, 0.29) is 0 Å². The van der Waals surface area contributed by atoms with E-state index >= 15 is 0 Å². The molecule has 0 atom stereocenters. The quantitative estimate of drug-likeness (QED) is 0.153. The summed E-state index contributed by atoms with van der Waals surface area (Å²) in [5, 5.41) is 4.81. The van der Waals surface area contributed by atoms with Gasteiger partial charge in [0.2, 0.25) is 0 Å². The molecule has 4 heterocycles. The van der Waals surface area contributed by atoms with Crippen LogP contribution in [0.5, 0.6) is 0 Å². The molecular formula is C62H40N6. The Balaban J connectivity index is 0.947. The van der Waals surface area contributed by atoms with Crippen LogP contribution in [-0.4, -0.2) is 29.1 Å². The van der Waals surface area contributed by atoms with Gasteiger partial charge in [0.05, 0.1) is 44.8 Å². The number of aromatic nitrogens is 6. The van der Waals surface area contributed by atoms with Crippen LogP contribution in [0, 0.1) is 0 Å². The van der Waals surface area contributed by atoms with Crippen LogP contribution in [-0.2, 0) is 0 Å². The van der Waals surface area contributed by atoms with Crippen LogP contribution in [0.15, 0.2) is 243 Å². The summed E-state index contributed by atoms with van der Waals surface area (Å²) in [6.45, 7) is 0. The molecule has 4 aromatic heterocycles. The maximum absolute atomic E-state index is 5.13. The molecular weight excluding hydrogens is 829 g/mol. The Labute approximate surface area is 392 Å². The second-order valence-corrected chi connectivity index (χ2v) is 17.0. The van der Waals surface area contributed by atoms with Crippen molar-refractivity contribution < 1.29 is 0 Å². The van der Waals surface area contributed by atoms with Gasteiger partial charge in [-0.25, -0.2) is 19.9 Å². The van der Waals surface area contributed by atoms with Gasteiger partial charge < -0.3 is 9.13 Å². The summed E-state index contributed by atoms with van der Waals surface area (Å²) in [6.07, 6.45) is 0. The molecule has 0 aliphatic heterocycles. The molecule has 0 amide bonds. The van der Waals surface area contributed by atoms with Gasteiger partial charge in [-0.05, 0) is 54.6 Å². The first-order chi connectivity index (χ1) is 33.7. The zero-order valence-corrected chi connectivity index (χ0v) is 36.8. The van der Waals surface area contributed by atoms with E-state index in [1.807, 2.05) is 72.8 Å². The number of para-hydroxylation sites is 2. The molecule has 6 nitrogen and oxygen atoms in total. The molecule has 0 aliphatic carbocycles. The monoisotopic (exact) mass is 868 g/mol. The van der Waals surface area contributed by atoms with Crippen molar-refractivity contribution in [3.63, 3.8) is 0 Å². The maximum Gasteiger partial charge on any atom is 0.160 e. The predicted octanol–water partition coefficient (Wildman–Crippen LogP) is 15.5. The molecule has 0 radical (unpaired) electrons. The van der Waals surface area contributed by atoms with Crippen LogP contribution < -0.4 is 0 Å². The van der Waals surface area contributed by atoms with E-state index in [2.05, 4.69) is 179 Å². The van der Waals surface area contributed by atoms with Gasteiger partial charge in [0.1, 0.15) is 0 Å². The van der Waals surface area contributed by atoms with E-state index in [0.717, 1.165) is 84.1 Å². The van der Waals surface area contributed by atoms with Crippen LogP contribution in [0.1, 0.15) is 0 Å². The van der Waals surface area contributed by atoms with E-state index in [9.17, 15) is 0 Å². The van der Waals surface area contributed by atoms with Gasteiger partial charge in [-0.15, -0.1) is 0 Å². The standard InChI is InChI=1S/C62H40N6/c1-5-17-41(18-6-1)52-39-54(65-61(63-52)45-21-9-3-10-22-45)43-29-33-47(34-30-43)67-57-28-16-14-26-51(57)59-58(67)38-37-50-49-25-13-15-27-56(49)68(60(50)59)48-35-31-44(32-36-48)55-40-53(42-19-7-2-8-20-42)64-62(66-55)46-23-11-4-12-24-46/h1-40H. The minimum absolute atomic E-state index is 0.699. The van der Waals surface area contributed by atoms with Crippen LogP contribution >= 0.6 is 0 Å². The molecule has 0 saturated carbocycles. The maximum atomic E-state index is 5.13. The Morgan fingerprint density at radius 3 is 1.09 bits per heavy atom. The van der Waals surface area contributed by atoms with Crippen molar-refractivity contribution in [1.29, 1.82) is 0 Å². The second kappa shape index (κ2) is 16.3. The first-order valence-electron chi connectivity index (χ1n) is 22.9. The molecule has 0 N–H and O–H groups in total. The van der Waals surface area contributed by atoms with Gasteiger partial charge in [0.25, 0.3) is 0 Å². The molecule has 0 unspecified atom stereocenters. The van der Waals surface area contributed by atoms with Crippen LogP contribution in [0.25, 0.3) is 123 Å². The number of benzene rings is 9. The molecule has 318 valence electrons. The summed E-state index contributed by atoms with van der Waals surface area (Å²) < 4.78 is 4.83. The highest BCUT2D eigenvalue weighted by atomic mass is 15.0. The highest BCUT2D eigenvalue weighted by Crippen LogP contribution is 2.42. The SMILES string of the molecule is c1ccc(-c2cc(-c3ccc(-n4c5ccccc5c5c4ccc4c6ccccc6n(-c6ccc(-c7cc(-c8ccccc8)nc(-c8ccccc8)n7)cc6)c45)cc3)nc(-c3ccccc3)n2)cc1. The van der Waals surface area contributed by atoms with Gasteiger partial charge in [0, 0.05) is 66.3 Å². The van der Waals surface area contributed by atoms with Gasteiger partial charge in [-0.3, -0.25) is 0 Å². The Morgan fingerprint density at radius 1 is 0.250 bits per heavy atom. The number of fused-ring (bicyclic) bond motifs is 7. The molecule has 0 aliphatic rings. The lowest BCUT2D eigenvalue weighted by molar-refractivity contribution is 1.16. The molecule has 0 fully saturated rings. The first-order valence-corrected chi connectivity index (χ1v) is 22.9. The van der Waals surface area contributed by atoms with Crippen LogP contribution in [0.2, 0.25) is 0 Å². The smallest absolute Gasteiger partial charge is 0.160 e. The number of hydrogen-bond donors (Lipinski definition) is 0. The fourth-order valence-corrected chi connectivity index (χ4v) is 9.75. The van der Waals surface area contributed by atoms with Crippen molar-refractivity contribution in [2.45, 2.75) is 0 Å². The summed E-state index contributed by atoms with van der Waals surface area (Å²) in [5.74, 6) is 1.40. The van der Waals surface area contributed by atoms with Crippen molar-refractivity contribution in [2.24, 2.45) is 0 Å². The summed E-state index contributed by atoms with van der Waals surface area (Å²) in [4.78, 5) is 20.3. The lowest BCUT2D eigenvalue weighted by Gasteiger charge is -2.12. The normalized spacial score (nSPS) is 11.5. The number of hydrogen-bond acceptors (Lipinski definition) is 4. The largest absolute Gasteiger partial charge is 0.309 e. The minimum Gasteiger partial charge on any atom is -0.309 e. The molecule has 13 aromatic rings. The third-order valence-electron chi connectivity index (χ3n) is 13.0. The summed E-state index contributed by atoms with van der Waals surface area (Å²) in [7, 11) is 0. The summed E-state index contributed by atoms with van der Waals surface area (Å²) in [6, 6.07) is 85.0. The minimum atomic E-state index is 0.699. The van der Waals surface area contributed by atoms with Gasteiger partial charge in [0.15, 0.2) is 11.6 Å². The lowest BCUT2D eigenvalue weighted by atomic mass is 10.1. The van der Waals surface area contributed by atoms with Crippen LogP contribution in [0.4, 0.5) is 0 Å². The summed E-state index contributed by atoms with van der Waals surface area (Å²) in [5.41, 5.74) is 16.4. The number of rotatable bonds is 8. The molecule has 0 bridgehead atoms. The molecule has 0 spiro atoms. The zero-order valence-electron chi connectivity index (χ0n) is 36.8. The van der Waals surface area contributed by atoms with Crippen molar-refractivity contribution in [1.82, 2.24) is 29.1 Å². The molecule has 13 rings (SSSR count). The number of nitrogens with zero attached hydrogens (tertiary/aromatic N) is 6. The Bertz CT molecular complexity index is 3860. The molecule has 68 heavy (non-hydrogen) atoms. The van der Waals surface area contributed by atoms with Crippen molar-refractivity contribution in [3.8, 4) is 79.2 Å². The van der Waals surface area contributed by atoms with Gasteiger partial charge in [-0.2, -0.15) is 0 Å². The lowest BCUT2D eigenvalue weighted by Crippen LogP contribution is -1.97. The van der Waals surface area contributed by atoms with E-state index in [1.54, 1.807) is 0 Å². The van der Waals surface area contributed by atoms with E-state index < -0.39 is 0 Å². The van der Waals surface area contributed by atoms with E-state index in [1.165, 1.54) is 27.1 Å². The van der Waals surface area contributed by atoms with Crippen LogP contribution in [0.3, 0.4) is 0 Å². The molecule has 6 heteroatoms. The summed E-state index contributed by atoms with van der Waals surface area (Å²) >= 11 is 0. The Hall–Kier alpha value is -9.26. The van der Waals surface area contributed by atoms with E-state index in [0.29, 0.717) is 11.6 Å². The highest BCUT2D eigenvalue weighted by molar-refractivity contribution is 6.26. The fourth-order valence-electron chi connectivity index (χ4n) is 9.75.